The van der Waals surface area contributed by atoms with Gasteiger partial charge < -0.3 is 20.1 Å². The Morgan fingerprint density at radius 2 is 1.69 bits per heavy atom. The van der Waals surface area contributed by atoms with Crippen molar-refractivity contribution >= 4 is 28.1 Å². The number of nitrogens with two attached hydrogens (primary N) is 1. The van der Waals surface area contributed by atoms with Crippen molar-refractivity contribution in [1.82, 2.24) is 19.7 Å². The van der Waals surface area contributed by atoms with Crippen molar-refractivity contribution in [3.63, 3.8) is 0 Å². The van der Waals surface area contributed by atoms with Gasteiger partial charge in [0.05, 0.1) is 43.3 Å². The van der Waals surface area contributed by atoms with Crippen molar-refractivity contribution in [2.45, 2.75) is 6.54 Å². The van der Waals surface area contributed by atoms with Gasteiger partial charge in [-0.25, -0.2) is 4.98 Å². The number of hydrogen-bond donors (Lipinski definition) is 1. The lowest BCUT2D eigenvalue weighted by molar-refractivity contribution is 0.394. The van der Waals surface area contributed by atoms with Crippen LogP contribution < -0.4 is 20.1 Å². The van der Waals surface area contributed by atoms with E-state index >= 15 is 0 Å². The summed E-state index contributed by atoms with van der Waals surface area (Å²) in [5.41, 5.74) is 13.0. The van der Waals surface area contributed by atoms with Crippen LogP contribution in [0.3, 0.4) is 0 Å². The van der Waals surface area contributed by atoms with Crippen LogP contribution in [0.2, 0.25) is 0 Å². The lowest BCUT2D eigenvalue weighted by atomic mass is 10.1. The van der Waals surface area contributed by atoms with Crippen LogP contribution in [0, 0.1) is 0 Å². The van der Waals surface area contributed by atoms with Crippen LogP contribution in [0.15, 0.2) is 79.3 Å². The molecule has 0 aliphatic carbocycles. The van der Waals surface area contributed by atoms with E-state index in [0.717, 1.165) is 44.9 Å². The molecule has 5 aromatic rings. The smallest absolute Gasteiger partial charge is 0.124 e. The third-order valence-corrected chi connectivity index (χ3v) is 5.78. The van der Waals surface area contributed by atoms with Gasteiger partial charge in [-0.1, -0.05) is 12.1 Å². The summed E-state index contributed by atoms with van der Waals surface area (Å²) in [7, 11) is 5.17. The Labute approximate surface area is 203 Å². The number of rotatable bonds is 7. The number of fused-ring (bicyclic) bond motifs is 1. The molecular weight excluding hydrogens is 440 g/mol. The van der Waals surface area contributed by atoms with Crippen LogP contribution in [0.5, 0.6) is 11.5 Å². The molecule has 0 aliphatic heterocycles. The predicted molar refractivity (Wildman–Crippen MR) is 138 cm³/mol. The van der Waals surface area contributed by atoms with Crippen LogP contribution in [-0.4, -0.2) is 34.0 Å². The molecule has 8 nitrogen and oxygen atoms in total. The largest absolute Gasteiger partial charge is 0.497 e. The van der Waals surface area contributed by atoms with Gasteiger partial charge in [0.2, 0.25) is 0 Å². The minimum Gasteiger partial charge on any atom is -0.497 e. The van der Waals surface area contributed by atoms with Crippen molar-refractivity contribution in [2.75, 3.05) is 24.9 Å². The van der Waals surface area contributed by atoms with E-state index in [2.05, 4.69) is 21.0 Å². The predicted octanol–water partition coefficient (Wildman–Crippen LogP) is 4.97. The number of nitrogens with zero attached hydrogens (tertiary/aromatic N) is 5. The normalized spacial score (nSPS) is 10.9. The maximum Gasteiger partial charge on any atom is 0.124 e. The first kappa shape index (κ1) is 22.2. The number of aryl methyl sites for hydroxylation is 1. The van der Waals surface area contributed by atoms with Crippen molar-refractivity contribution < 1.29 is 9.47 Å². The SMILES string of the molecule is COc1cc(OC)cc(N(Cc2cccc(N)c2)c2ccc3ncc(-c4cnn(C)c4)nc3c2)c1. The standard InChI is InChI=1S/C27H26N6O2/c1-32-17-19(14-30-32)27-15-29-25-8-7-21(12-26(25)31-27)33(16-18-5-4-6-20(28)9-18)22-10-23(34-2)13-24(11-22)35-3/h4-15,17H,16,28H2,1-3H3. The summed E-state index contributed by atoms with van der Waals surface area (Å²) in [6, 6.07) is 19.8. The molecule has 176 valence electrons. The highest BCUT2D eigenvalue weighted by Gasteiger charge is 2.15. The van der Waals surface area contributed by atoms with Crippen LogP contribution >= 0.6 is 0 Å². The monoisotopic (exact) mass is 466 g/mol. The molecule has 2 aromatic heterocycles. The number of hydrogen-bond acceptors (Lipinski definition) is 7. The Morgan fingerprint density at radius 1 is 0.886 bits per heavy atom. The Morgan fingerprint density at radius 3 is 2.37 bits per heavy atom. The van der Waals surface area contributed by atoms with Gasteiger partial charge in [-0.3, -0.25) is 9.67 Å². The second kappa shape index (κ2) is 9.34. The summed E-state index contributed by atoms with van der Waals surface area (Å²) in [6.07, 6.45) is 5.49. The number of methoxy groups -OCH3 is 2. The maximum atomic E-state index is 6.07. The Balaban J connectivity index is 1.62. The average Bonchev–Trinajstić information content (AvgIpc) is 3.32. The molecular formula is C27H26N6O2. The van der Waals surface area contributed by atoms with Crippen molar-refractivity contribution in [1.29, 1.82) is 0 Å². The Hall–Kier alpha value is -4.59. The summed E-state index contributed by atoms with van der Waals surface area (Å²) in [6.45, 7) is 0.586. The van der Waals surface area contributed by atoms with Gasteiger partial charge in [0.1, 0.15) is 11.5 Å². The molecule has 0 amide bonds. The number of benzene rings is 3. The summed E-state index contributed by atoms with van der Waals surface area (Å²) in [5, 5.41) is 4.25. The van der Waals surface area contributed by atoms with E-state index in [4.69, 9.17) is 20.2 Å². The minimum atomic E-state index is 0.586. The third-order valence-electron chi connectivity index (χ3n) is 5.78. The van der Waals surface area contributed by atoms with Crippen molar-refractivity contribution in [3.8, 4) is 22.8 Å². The lowest BCUT2D eigenvalue weighted by Crippen LogP contribution is -2.17. The van der Waals surface area contributed by atoms with Gasteiger partial charge in [0, 0.05) is 60.6 Å². The van der Waals surface area contributed by atoms with Gasteiger partial charge in [0.15, 0.2) is 0 Å². The highest BCUT2D eigenvalue weighted by atomic mass is 16.5. The number of aromatic nitrogens is 4. The zero-order valence-electron chi connectivity index (χ0n) is 19.8. The summed E-state index contributed by atoms with van der Waals surface area (Å²) in [5.74, 6) is 1.41. The molecule has 0 saturated heterocycles. The average molecular weight is 467 g/mol. The number of ether oxygens (including phenoxy) is 2. The van der Waals surface area contributed by atoms with E-state index in [1.807, 2.05) is 67.8 Å². The first-order valence-electron chi connectivity index (χ1n) is 11.1. The summed E-state index contributed by atoms with van der Waals surface area (Å²) in [4.78, 5) is 11.7. The molecule has 8 heteroatoms. The lowest BCUT2D eigenvalue weighted by Gasteiger charge is -2.26. The highest BCUT2D eigenvalue weighted by molar-refractivity contribution is 5.82. The number of nitrogen functional groups attached to an aromatic ring is 1. The zero-order chi connectivity index (χ0) is 24.4. The fraction of sp³-hybridized carbons (Fsp3) is 0.148. The van der Waals surface area contributed by atoms with Gasteiger partial charge in [-0.05, 0) is 35.9 Å². The molecule has 0 radical (unpaired) electrons. The van der Waals surface area contributed by atoms with E-state index in [9.17, 15) is 0 Å². The molecule has 0 saturated carbocycles. The van der Waals surface area contributed by atoms with Crippen molar-refractivity contribution in [2.24, 2.45) is 7.05 Å². The first-order valence-corrected chi connectivity index (χ1v) is 11.1. The molecule has 0 fully saturated rings. The fourth-order valence-electron chi connectivity index (χ4n) is 4.01. The molecule has 0 atom stereocenters. The van der Waals surface area contributed by atoms with E-state index in [-0.39, 0.29) is 0 Å². The topological polar surface area (TPSA) is 91.3 Å². The second-order valence-corrected chi connectivity index (χ2v) is 8.23. The van der Waals surface area contributed by atoms with Crippen molar-refractivity contribution in [3.05, 3.63) is 84.8 Å². The van der Waals surface area contributed by atoms with Gasteiger partial charge >= 0.3 is 0 Å². The fourth-order valence-corrected chi connectivity index (χ4v) is 4.01. The molecule has 2 heterocycles. The van der Waals surface area contributed by atoms with Crippen LogP contribution in [-0.2, 0) is 13.6 Å². The van der Waals surface area contributed by atoms with E-state index in [1.54, 1.807) is 31.3 Å². The van der Waals surface area contributed by atoms with Crippen LogP contribution in [0.4, 0.5) is 17.1 Å². The van der Waals surface area contributed by atoms with Crippen LogP contribution in [0.1, 0.15) is 5.56 Å². The maximum absolute atomic E-state index is 6.07. The Kier molecular flexibility index (Phi) is 5.93. The highest BCUT2D eigenvalue weighted by Crippen LogP contribution is 2.35. The quantitative estimate of drug-likeness (QED) is 0.339. The third kappa shape index (κ3) is 4.72. The molecule has 0 aliphatic rings. The van der Waals surface area contributed by atoms with E-state index in [1.165, 1.54) is 0 Å². The van der Waals surface area contributed by atoms with E-state index < -0.39 is 0 Å². The van der Waals surface area contributed by atoms with Gasteiger partial charge in [-0.2, -0.15) is 5.10 Å². The molecule has 35 heavy (non-hydrogen) atoms. The van der Waals surface area contributed by atoms with E-state index in [0.29, 0.717) is 18.0 Å². The van der Waals surface area contributed by atoms with Gasteiger partial charge in [-0.15, -0.1) is 0 Å². The van der Waals surface area contributed by atoms with Gasteiger partial charge in [0.25, 0.3) is 0 Å². The van der Waals surface area contributed by atoms with Crippen LogP contribution in [0.25, 0.3) is 22.3 Å². The minimum absolute atomic E-state index is 0.586. The second-order valence-electron chi connectivity index (χ2n) is 8.23. The molecule has 0 bridgehead atoms. The zero-order valence-corrected chi connectivity index (χ0v) is 19.8. The summed E-state index contributed by atoms with van der Waals surface area (Å²) < 4.78 is 12.8. The molecule has 2 N–H and O–H groups in total. The molecule has 3 aromatic carbocycles. The first-order chi connectivity index (χ1) is 17.0. The number of anilines is 3. The molecule has 0 unspecified atom stereocenters. The summed E-state index contributed by atoms with van der Waals surface area (Å²) >= 11 is 0. The molecule has 5 rings (SSSR count). The Bertz CT molecular complexity index is 1470. The molecule has 0 spiro atoms.